The molecule has 40 heavy (non-hydrogen) atoms. The third kappa shape index (κ3) is 5.16. The van der Waals surface area contributed by atoms with Gasteiger partial charge in [-0.3, -0.25) is 4.90 Å². The number of carbonyl (C=O) groups excluding carboxylic acids is 1. The van der Waals surface area contributed by atoms with Crippen molar-refractivity contribution in [1.82, 2.24) is 9.29 Å². The fourth-order valence-corrected chi connectivity index (χ4v) is 7.36. The van der Waals surface area contributed by atoms with Crippen molar-refractivity contribution in [1.29, 1.82) is 0 Å². The summed E-state index contributed by atoms with van der Waals surface area (Å²) in [6.45, 7) is 1.14. The van der Waals surface area contributed by atoms with Crippen LogP contribution >= 0.6 is 11.6 Å². The zero-order valence-corrected chi connectivity index (χ0v) is 23.4. The van der Waals surface area contributed by atoms with Crippen molar-refractivity contribution in [2.75, 3.05) is 49.2 Å². The minimum absolute atomic E-state index is 0.0770. The molecule has 1 amide bonds. The first-order valence-corrected chi connectivity index (χ1v) is 15.3. The first kappa shape index (κ1) is 27.3. The predicted molar refractivity (Wildman–Crippen MR) is 147 cm³/mol. The van der Waals surface area contributed by atoms with E-state index in [-0.39, 0.29) is 49.1 Å². The summed E-state index contributed by atoms with van der Waals surface area (Å²) >= 11 is 6.31. The Morgan fingerprint density at radius 3 is 2.58 bits per heavy atom. The number of nitrogens with zero attached hydrogens (tertiary/aromatic N) is 4. The number of carbonyl (C=O) groups is 1. The fraction of sp³-hybridized carbons (Fsp3) is 0.538. The predicted octanol–water partition coefficient (Wildman–Crippen LogP) is 1.97. The minimum Gasteiger partial charge on any atom is -0.490 e. The van der Waals surface area contributed by atoms with Crippen LogP contribution < -0.4 is 25.0 Å². The van der Waals surface area contributed by atoms with Crippen LogP contribution in [0.15, 0.2) is 35.2 Å². The van der Waals surface area contributed by atoms with Gasteiger partial charge < -0.3 is 30.0 Å². The van der Waals surface area contributed by atoms with Crippen molar-refractivity contribution in [2.24, 2.45) is 5.73 Å². The molecule has 3 N–H and O–H groups in total. The number of amides is 1. The summed E-state index contributed by atoms with van der Waals surface area (Å²) < 4.78 is 45.6. The van der Waals surface area contributed by atoms with Gasteiger partial charge in [0.25, 0.3) is 0 Å². The smallest absolute Gasteiger partial charge is 0.415 e. The lowest BCUT2D eigenvalue weighted by Crippen LogP contribution is -2.49. The van der Waals surface area contributed by atoms with E-state index < -0.39 is 28.3 Å². The van der Waals surface area contributed by atoms with Gasteiger partial charge in [0.2, 0.25) is 10.0 Å². The van der Waals surface area contributed by atoms with Crippen LogP contribution in [0, 0.1) is 0 Å². The Morgan fingerprint density at radius 2 is 1.85 bits per heavy atom. The highest BCUT2D eigenvalue weighted by Crippen LogP contribution is 2.40. The van der Waals surface area contributed by atoms with E-state index >= 15 is 0 Å². The zero-order valence-electron chi connectivity index (χ0n) is 21.8. The number of fused-ring (bicyclic) bond motifs is 3. The second-order valence-corrected chi connectivity index (χ2v) is 12.8. The summed E-state index contributed by atoms with van der Waals surface area (Å²) in [4.78, 5) is 20.3. The summed E-state index contributed by atoms with van der Waals surface area (Å²) in [6.07, 6.45) is 2.46. The Morgan fingerprint density at radius 1 is 1.10 bits per heavy atom. The van der Waals surface area contributed by atoms with Gasteiger partial charge in [0.15, 0.2) is 6.10 Å². The molecule has 14 heteroatoms. The lowest BCUT2D eigenvalue weighted by Gasteiger charge is -2.35. The largest absolute Gasteiger partial charge is 0.490 e. The third-order valence-corrected chi connectivity index (χ3v) is 10.1. The monoisotopic (exact) mass is 593 g/mol. The molecule has 6 rings (SSSR count). The Hall–Kier alpha value is -2.84. The molecular weight excluding hydrogens is 562 g/mol. The molecule has 3 fully saturated rings. The van der Waals surface area contributed by atoms with Crippen molar-refractivity contribution in [3.63, 3.8) is 0 Å². The maximum atomic E-state index is 13.5. The molecule has 4 aliphatic rings. The third-order valence-electron chi connectivity index (χ3n) is 7.97. The number of hydrogen-bond acceptors (Lipinski definition) is 10. The number of aliphatic hydroxyl groups excluding tert-OH is 1. The SMILES string of the molecule is NC1CCC(Oc2cc(Cl)nc(N3CCN(S(=O)(=O)c4ccc5c(c4)OC[C@H]4[C@H](CO)OC(=O)N54)CC3)c2)CC1. The second kappa shape index (κ2) is 10.9. The van der Waals surface area contributed by atoms with Crippen LogP contribution in [0.4, 0.5) is 16.3 Å². The number of aliphatic hydroxyl groups is 1. The Labute approximate surface area is 237 Å². The molecule has 2 atom stereocenters. The van der Waals surface area contributed by atoms with E-state index in [1.165, 1.54) is 21.3 Å². The molecule has 1 aromatic heterocycles. The number of halogens is 1. The number of rotatable bonds is 6. The summed E-state index contributed by atoms with van der Waals surface area (Å²) in [5, 5.41) is 9.81. The van der Waals surface area contributed by atoms with E-state index in [0.717, 1.165) is 25.7 Å². The molecule has 3 aliphatic heterocycles. The van der Waals surface area contributed by atoms with Crippen molar-refractivity contribution in [2.45, 2.75) is 54.9 Å². The summed E-state index contributed by atoms with van der Waals surface area (Å²) in [5.41, 5.74) is 6.42. The summed E-state index contributed by atoms with van der Waals surface area (Å²) in [6, 6.07) is 7.76. The van der Waals surface area contributed by atoms with Gasteiger partial charge in [-0.2, -0.15) is 4.31 Å². The van der Waals surface area contributed by atoms with E-state index in [0.29, 0.717) is 35.5 Å². The van der Waals surface area contributed by atoms with Crippen LogP contribution in [0.25, 0.3) is 0 Å². The molecule has 0 spiro atoms. The topological polar surface area (TPSA) is 148 Å². The van der Waals surface area contributed by atoms with Crippen molar-refractivity contribution < 1.29 is 32.5 Å². The molecule has 0 unspecified atom stereocenters. The number of pyridine rings is 1. The van der Waals surface area contributed by atoms with Crippen molar-refractivity contribution in [3.8, 4) is 11.5 Å². The van der Waals surface area contributed by atoms with Crippen LogP contribution in [0.1, 0.15) is 25.7 Å². The average molecular weight is 594 g/mol. The Kier molecular flexibility index (Phi) is 7.42. The molecule has 1 saturated carbocycles. The molecule has 1 aromatic carbocycles. The number of sulfonamides is 1. The van der Waals surface area contributed by atoms with E-state index in [9.17, 15) is 18.3 Å². The van der Waals surface area contributed by atoms with E-state index in [2.05, 4.69) is 4.98 Å². The van der Waals surface area contributed by atoms with Gasteiger partial charge in [-0.15, -0.1) is 0 Å². The van der Waals surface area contributed by atoms with Crippen LogP contribution in [0.2, 0.25) is 5.15 Å². The van der Waals surface area contributed by atoms with Crippen molar-refractivity contribution in [3.05, 3.63) is 35.5 Å². The molecular formula is C26H32ClN5O7S. The highest BCUT2D eigenvalue weighted by Gasteiger charge is 2.46. The molecule has 2 aromatic rings. The fourth-order valence-electron chi connectivity index (χ4n) is 5.72. The number of anilines is 2. The Balaban J connectivity index is 1.13. The molecule has 4 heterocycles. The quantitative estimate of drug-likeness (QED) is 0.476. The van der Waals surface area contributed by atoms with Gasteiger partial charge in [0.1, 0.15) is 35.1 Å². The van der Waals surface area contributed by atoms with Crippen LogP contribution in [0.3, 0.4) is 0 Å². The summed E-state index contributed by atoms with van der Waals surface area (Å²) in [7, 11) is -3.82. The number of aromatic nitrogens is 1. The van der Waals surface area contributed by atoms with Crippen molar-refractivity contribution >= 4 is 39.2 Å². The van der Waals surface area contributed by atoms with Gasteiger partial charge in [0, 0.05) is 50.4 Å². The van der Waals surface area contributed by atoms with E-state index in [4.69, 9.17) is 31.5 Å². The van der Waals surface area contributed by atoms with Gasteiger partial charge in [-0.05, 0) is 37.8 Å². The number of cyclic esters (lactones) is 1. The van der Waals surface area contributed by atoms with Gasteiger partial charge in [-0.25, -0.2) is 18.2 Å². The maximum absolute atomic E-state index is 13.5. The van der Waals surface area contributed by atoms with Crippen LogP contribution in [-0.4, -0.2) is 92.6 Å². The number of hydrogen-bond donors (Lipinski definition) is 2. The number of benzene rings is 1. The lowest BCUT2D eigenvalue weighted by molar-refractivity contribution is 0.0733. The highest BCUT2D eigenvalue weighted by molar-refractivity contribution is 7.89. The first-order chi connectivity index (χ1) is 19.2. The van der Waals surface area contributed by atoms with Gasteiger partial charge >= 0.3 is 6.09 Å². The lowest BCUT2D eigenvalue weighted by atomic mass is 9.94. The van der Waals surface area contributed by atoms with Gasteiger partial charge in [0.05, 0.1) is 23.3 Å². The second-order valence-electron chi connectivity index (χ2n) is 10.5. The molecule has 0 radical (unpaired) electrons. The normalized spacial score (nSPS) is 27.0. The highest BCUT2D eigenvalue weighted by atomic mass is 35.5. The number of nitrogens with two attached hydrogens (primary N) is 1. The molecule has 0 bridgehead atoms. The maximum Gasteiger partial charge on any atom is 0.415 e. The first-order valence-electron chi connectivity index (χ1n) is 13.5. The van der Waals surface area contributed by atoms with E-state index in [1.807, 2.05) is 11.0 Å². The van der Waals surface area contributed by atoms with E-state index in [1.54, 1.807) is 12.1 Å². The van der Waals surface area contributed by atoms with Crippen LogP contribution in [0.5, 0.6) is 11.5 Å². The average Bonchev–Trinajstić information content (AvgIpc) is 3.29. The number of piperazine rings is 1. The van der Waals surface area contributed by atoms with Gasteiger partial charge in [-0.1, -0.05) is 11.6 Å². The zero-order chi connectivity index (χ0) is 28.0. The summed E-state index contributed by atoms with van der Waals surface area (Å²) in [5.74, 6) is 1.57. The standard InChI is InChI=1S/C26H32ClN5O7S/c27-24-11-18(38-17-3-1-16(28)2-4-17)12-25(29-24)30-7-9-31(10-8-30)40(35,36)19-5-6-20-22(13-19)37-15-21-23(14-33)39-26(34)32(20)21/h5-6,11-13,16-17,21,23,33H,1-4,7-10,14-15,28H2/t16?,17?,21-,23-/m0/s1. The minimum atomic E-state index is -3.82. The van der Waals surface area contributed by atoms with Crippen LogP contribution in [-0.2, 0) is 14.8 Å². The molecule has 216 valence electrons. The number of ether oxygens (including phenoxy) is 3. The molecule has 2 saturated heterocycles. The molecule has 1 aliphatic carbocycles. The molecule has 12 nitrogen and oxygen atoms in total. The Bertz CT molecular complexity index is 1380.